The first-order valence-corrected chi connectivity index (χ1v) is 6.11. The van der Waals surface area contributed by atoms with E-state index < -0.39 is 19.1 Å². The number of hydrogen-bond donors (Lipinski definition) is 0. The molecule has 13 heavy (non-hydrogen) atoms. The first kappa shape index (κ1) is 10.9. The second-order valence-electron chi connectivity index (χ2n) is 2.26. The smallest absolute Gasteiger partial charge is 0.241 e. The van der Waals surface area contributed by atoms with Crippen molar-refractivity contribution in [3.63, 3.8) is 0 Å². The van der Waals surface area contributed by atoms with Crippen molar-refractivity contribution in [2.24, 2.45) is 0 Å². The van der Waals surface area contributed by atoms with Crippen LogP contribution in [0, 0.1) is 0 Å². The van der Waals surface area contributed by atoms with Crippen molar-refractivity contribution in [3.05, 3.63) is 23.4 Å². The van der Waals surface area contributed by atoms with Crippen LogP contribution >= 0.6 is 31.3 Å². The highest BCUT2D eigenvalue weighted by atomic mass is 35.7. The Morgan fingerprint density at radius 2 is 1.77 bits per heavy atom. The van der Waals surface area contributed by atoms with E-state index in [4.69, 9.17) is 11.6 Å². The number of pyridine rings is 1. The Kier molecular flexibility index (Phi) is 1.87. The normalized spacial score (nSPS) is 17.7. The minimum Gasteiger partial charge on any atom is -0.241 e. The van der Waals surface area contributed by atoms with Crippen molar-refractivity contribution in [1.82, 2.24) is 4.98 Å². The molecule has 0 bridgehead atoms. The van der Waals surface area contributed by atoms with Gasteiger partial charge in [0.25, 0.3) is 9.05 Å². The van der Waals surface area contributed by atoms with Crippen molar-refractivity contribution in [1.29, 1.82) is 0 Å². The van der Waals surface area contributed by atoms with Gasteiger partial charge < -0.3 is 0 Å². The summed E-state index contributed by atoms with van der Waals surface area (Å²) in [5, 5.41) is -2.71. The van der Waals surface area contributed by atoms with Gasteiger partial charge in [0, 0.05) is 16.9 Å². The summed E-state index contributed by atoms with van der Waals surface area (Å²) in [6, 6.07) is 2.01. The highest BCUT2D eigenvalue weighted by Crippen LogP contribution is 3.04. The third-order valence-electron chi connectivity index (χ3n) is 1.09. The van der Waals surface area contributed by atoms with Crippen LogP contribution in [0.4, 0.5) is 15.5 Å². The second-order valence-corrected chi connectivity index (χ2v) is 6.85. The maximum Gasteiger partial charge on any atom is 0.269 e. The summed E-state index contributed by atoms with van der Waals surface area (Å²) in [6.07, 6.45) is 0.766. The van der Waals surface area contributed by atoms with Crippen molar-refractivity contribution in [2.45, 2.75) is 5.03 Å². The molecule has 0 aliphatic carbocycles. The van der Waals surface area contributed by atoms with Crippen LogP contribution in [0.2, 0.25) is 5.02 Å². The summed E-state index contributed by atoms with van der Waals surface area (Å²) in [5.74, 6) is 0. The topological polar surface area (TPSA) is 12.9 Å². The van der Waals surface area contributed by atoms with Gasteiger partial charge in [-0.15, -0.1) is 15.5 Å². The fourth-order valence-electron chi connectivity index (χ4n) is 0.655. The van der Waals surface area contributed by atoms with E-state index >= 15 is 0 Å². The van der Waals surface area contributed by atoms with E-state index in [0.29, 0.717) is 0 Å². The lowest BCUT2D eigenvalue weighted by atomic mass is 10.5. The van der Waals surface area contributed by atoms with E-state index in [-0.39, 0.29) is 0 Å². The van der Waals surface area contributed by atoms with Crippen molar-refractivity contribution >= 4 is 31.3 Å². The van der Waals surface area contributed by atoms with Crippen LogP contribution < -0.4 is 0 Å². The predicted molar refractivity (Wildman–Crippen MR) is 45.4 cm³/mol. The molecule has 0 atom stereocenters. The molecule has 0 N–H and O–H groups in total. The highest BCUT2D eigenvalue weighted by Gasteiger charge is 2.65. The van der Waals surface area contributed by atoms with E-state index in [1.54, 1.807) is 0 Å². The van der Waals surface area contributed by atoms with E-state index in [1.165, 1.54) is 0 Å². The van der Waals surface area contributed by atoms with Crippen LogP contribution in [0.15, 0.2) is 23.4 Å². The number of halogens is 6. The monoisotopic (exact) mass is 255 g/mol. The second kappa shape index (κ2) is 2.24. The van der Waals surface area contributed by atoms with Gasteiger partial charge in [-0.1, -0.05) is 11.6 Å². The number of aromatic nitrogens is 1. The van der Waals surface area contributed by atoms with Gasteiger partial charge in [-0.05, 0) is 12.1 Å². The fraction of sp³-hybridized carbons (Fsp3) is 0. The zero-order valence-electron chi connectivity index (χ0n) is 5.86. The molecule has 1 aromatic rings. The lowest BCUT2D eigenvalue weighted by Crippen LogP contribution is -2.07. The van der Waals surface area contributed by atoms with Gasteiger partial charge >= 0.3 is 0 Å². The summed E-state index contributed by atoms with van der Waals surface area (Å²) >= 11 is 5.11. The molecule has 0 amide bonds. The van der Waals surface area contributed by atoms with E-state index in [0.717, 1.165) is 18.3 Å². The van der Waals surface area contributed by atoms with Gasteiger partial charge in [-0.2, -0.15) is 0 Å². The first-order valence-electron chi connectivity index (χ1n) is 2.85. The number of nitrogens with zero attached hydrogens (tertiary/aromatic N) is 1. The van der Waals surface area contributed by atoms with Crippen LogP contribution in [-0.2, 0) is 0 Å². The lowest BCUT2D eigenvalue weighted by Gasteiger charge is -2.41. The third kappa shape index (κ3) is 2.62. The molecule has 0 aliphatic rings. The number of hydrogen-bond acceptors (Lipinski definition) is 1. The van der Waals surface area contributed by atoms with E-state index in [9.17, 15) is 15.5 Å². The molecule has 0 aliphatic heterocycles. The maximum absolute atomic E-state index is 12.5. The van der Waals surface area contributed by atoms with E-state index in [2.05, 4.69) is 15.7 Å². The Labute approximate surface area is 80.6 Å². The van der Waals surface area contributed by atoms with Crippen LogP contribution in [0.1, 0.15) is 0 Å². The molecule has 8 heteroatoms. The minimum absolute atomic E-state index is 0.766. The highest BCUT2D eigenvalue weighted by molar-refractivity contribution is 8.65. The van der Waals surface area contributed by atoms with E-state index in [1.807, 2.05) is 0 Å². The zero-order chi connectivity index (χ0) is 10.4. The standard InChI is InChI=1S/C5H3Cl2F4NS/c6-4-2-1-3-12-5(4)13(7,8,9,10)11/h1-3H. The van der Waals surface area contributed by atoms with Crippen LogP contribution in [0.3, 0.4) is 0 Å². The lowest BCUT2D eigenvalue weighted by molar-refractivity contribution is 0.473. The predicted octanol–water partition coefficient (Wildman–Crippen LogP) is 4.66. The van der Waals surface area contributed by atoms with Gasteiger partial charge in [0.05, 0.1) is 5.02 Å². The molecule has 0 fully saturated rings. The van der Waals surface area contributed by atoms with Crippen molar-refractivity contribution in [3.8, 4) is 0 Å². The summed E-state index contributed by atoms with van der Waals surface area (Å²) in [4.78, 5) is 2.78. The van der Waals surface area contributed by atoms with Gasteiger partial charge in [0.1, 0.15) is 0 Å². The molecule has 1 heterocycles. The summed E-state index contributed by atoms with van der Waals surface area (Å²) in [7, 11) is -4.77. The Morgan fingerprint density at radius 1 is 1.23 bits per heavy atom. The SMILES string of the molecule is FS(F)(F)(F)(Cl)c1ncccc1Cl. The molecular formula is C5H3Cl2F4NS. The average Bonchev–Trinajstić information content (AvgIpc) is 1.82. The van der Waals surface area contributed by atoms with Crippen molar-refractivity contribution < 1.29 is 15.5 Å². The van der Waals surface area contributed by atoms with Gasteiger partial charge in [0.2, 0.25) is 0 Å². The molecule has 0 spiro atoms. The van der Waals surface area contributed by atoms with Crippen LogP contribution in [-0.4, -0.2) is 4.98 Å². The first-order chi connectivity index (χ1) is 5.50. The average molecular weight is 256 g/mol. The Hall–Kier alpha value is -0.200. The summed E-state index contributed by atoms with van der Waals surface area (Å²) in [5.41, 5.74) is 0. The third-order valence-corrected chi connectivity index (χ3v) is 3.00. The molecule has 1 nitrogen and oxygen atoms in total. The van der Waals surface area contributed by atoms with Gasteiger partial charge in [-0.3, -0.25) is 0 Å². The van der Waals surface area contributed by atoms with Gasteiger partial charge in [0.15, 0.2) is 5.03 Å². The Bertz CT molecular complexity index is 348. The minimum atomic E-state index is -8.75. The molecule has 0 unspecified atom stereocenters. The maximum atomic E-state index is 12.5. The zero-order valence-corrected chi connectivity index (χ0v) is 8.18. The molecule has 1 aromatic heterocycles. The molecule has 0 aromatic carbocycles. The summed E-state index contributed by atoms with van der Waals surface area (Å²) in [6.45, 7) is 0. The van der Waals surface area contributed by atoms with Crippen molar-refractivity contribution in [2.75, 3.05) is 0 Å². The number of rotatable bonds is 1. The molecule has 0 saturated carbocycles. The molecule has 76 valence electrons. The Balaban J connectivity index is 3.50. The fourth-order valence-corrected chi connectivity index (χ4v) is 2.43. The molecule has 0 radical (unpaired) electrons. The molecule has 1 rings (SSSR count). The molecular weight excluding hydrogens is 253 g/mol. The Morgan fingerprint density at radius 3 is 2.08 bits per heavy atom. The van der Waals surface area contributed by atoms with Crippen LogP contribution in [0.25, 0.3) is 0 Å². The molecule has 0 saturated heterocycles. The van der Waals surface area contributed by atoms with Gasteiger partial charge in [-0.25, -0.2) is 4.98 Å². The van der Waals surface area contributed by atoms with Crippen LogP contribution in [0.5, 0.6) is 0 Å². The quantitative estimate of drug-likeness (QED) is 0.666. The largest absolute Gasteiger partial charge is 0.269 e. The summed E-state index contributed by atoms with van der Waals surface area (Å²) < 4.78 is 50.0.